The topological polar surface area (TPSA) is 29.5 Å². The quantitative estimate of drug-likeness (QED) is 0.847. The molecule has 0 amide bonds. The second-order valence-electron chi connectivity index (χ2n) is 4.94. The molecule has 1 fully saturated rings. The Morgan fingerprint density at radius 1 is 1.31 bits per heavy atom. The van der Waals surface area contributed by atoms with E-state index in [9.17, 15) is 5.11 Å². The molecule has 1 aliphatic heterocycles. The number of rotatable bonds is 3. The summed E-state index contributed by atoms with van der Waals surface area (Å²) in [6, 6.07) is 8.57. The average molecular weight is 220 g/mol. The van der Waals surface area contributed by atoms with Gasteiger partial charge in [0, 0.05) is 25.2 Å². The fourth-order valence-electron chi connectivity index (χ4n) is 2.45. The smallest absolute Gasteiger partial charge is 0.0492 e. The molecule has 1 aromatic rings. The Balaban J connectivity index is 2.11. The summed E-state index contributed by atoms with van der Waals surface area (Å²) in [4.78, 5) is 0. The third-order valence-electron chi connectivity index (χ3n) is 3.55. The maximum atomic E-state index is 9.62. The summed E-state index contributed by atoms with van der Waals surface area (Å²) in [7, 11) is 0. The van der Waals surface area contributed by atoms with Crippen LogP contribution in [0.2, 0.25) is 0 Å². The van der Waals surface area contributed by atoms with Crippen molar-refractivity contribution >= 4 is 0 Å². The van der Waals surface area contributed by atoms with E-state index >= 15 is 0 Å². The molecule has 0 bridgehead atoms. The van der Waals surface area contributed by atoms with Gasteiger partial charge in [0.05, 0.1) is 0 Å². The van der Waals surface area contributed by atoms with Gasteiger partial charge in [-0.15, -0.1) is 0 Å². The lowest BCUT2D eigenvalue weighted by Gasteiger charge is -2.35. The molecule has 2 rings (SSSR count). The van der Waals surface area contributed by atoms with E-state index in [4.69, 9.17) is 4.74 Å². The minimum atomic E-state index is 0.0477. The molecule has 0 radical (unpaired) electrons. The van der Waals surface area contributed by atoms with E-state index in [0.29, 0.717) is 0 Å². The maximum Gasteiger partial charge on any atom is 0.0492 e. The van der Waals surface area contributed by atoms with E-state index in [0.717, 1.165) is 32.5 Å². The van der Waals surface area contributed by atoms with Crippen molar-refractivity contribution in [3.63, 3.8) is 0 Å². The van der Waals surface area contributed by atoms with Crippen LogP contribution in [-0.4, -0.2) is 24.9 Å². The molecular weight excluding hydrogens is 200 g/mol. The molecule has 2 heteroatoms. The van der Waals surface area contributed by atoms with Crippen LogP contribution in [0.15, 0.2) is 24.3 Å². The third kappa shape index (κ3) is 2.63. The molecule has 1 aliphatic rings. The number of aliphatic hydroxyl groups excluding tert-OH is 1. The van der Waals surface area contributed by atoms with Crippen LogP contribution in [-0.2, 0) is 11.2 Å². The van der Waals surface area contributed by atoms with Crippen molar-refractivity contribution in [1.29, 1.82) is 0 Å². The number of aryl methyl sites for hydroxylation is 1. The molecule has 0 unspecified atom stereocenters. The van der Waals surface area contributed by atoms with Crippen molar-refractivity contribution in [2.45, 2.75) is 26.2 Å². The van der Waals surface area contributed by atoms with Gasteiger partial charge < -0.3 is 9.84 Å². The number of hydrogen-bond acceptors (Lipinski definition) is 2. The zero-order chi connectivity index (χ0) is 11.4. The van der Waals surface area contributed by atoms with Crippen molar-refractivity contribution in [2.24, 2.45) is 5.41 Å². The van der Waals surface area contributed by atoms with Gasteiger partial charge in [0.1, 0.15) is 0 Å². The predicted molar refractivity (Wildman–Crippen MR) is 64.5 cm³/mol. The zero-order valence-electron chi connectivity index (χ0n) is 9.91. The van der Waals surface area contributed by atoms with Crippen molar-refractivity contribution in [2.75, 3.05) is 19.8 Å². The highest BCUT2D eigenvalue weighted by Crippen LogP contribution is 2.33. The van der Waals surface area contributed by atoms with E-state index in [2.05, 4.69) is 31.2 Å². The van der Waals surface area contributed by atoms with Gasteiger partial charge in [-0.2, -0.15) is 0 Å². The van der Waals surface area contributed by atoms with Gasteiger partial charge >= 0.3 is 0 Å². The fourth-order valence-corrected chi connectivity index (χ4v) is 2.45. The molecule has 1 heterocycles. The number of benzene rings is 1. The third-order valence-corrected chi connectivity index (χ3v) is 3.55. The van der Waals surface area contributed by atoms with Gasteiger partial charge in [-0.05, 0) is 31.7 Å². The highest BCUT2D eigenvalue weighted by atomic mass is 16.5. The van der Waals surface area contributed by atoms with Crippen LogP contribution < -0.4 is 0 Å². The summed E-state index contributed by atoms with van der Waals surface area (Å²) >= 11 is 0. The van der Waals surface area contributed by atoms with Gasteiger partial charge in [-0.3, -0.25) is 0 Å². The van der Waals surface area contributed by atoms with Crippen LogP contribution >= 0.6 is 0 Å². The second kappa shape index (κ2) is 4.98. The van der Waals surface area contributed by atoms with Crippen LogP contribution in [0.3, 0.4) is 0 Å². The molecule has 88 valence electrons. The van der Waals surface area contributed by atoms with E-state index < -0.39 is 0 Å². The highest BCUT2D eigenvalue weighted by Gasteiger charge is 2.31. The summed E-state index contributed by atoms with van der Waals surface area (Å²) in [5.74, 6) is 0. The molecule has 2 nitrogen and oxygen atoms in total. The van der Waals surface area contributed by atoms with Crippen LogP contribution in [0.5, 0.6) is 0 Å². The first-order valence-corrected chi connectivity index (χ1v) is 5.98. The molecule has 0 aliphatic carbocycles. The normalized spacial score (nSPS) is 19.6. The first kappa shape index (κ1) is 11.6. The first-order valence-electron chi connectivity index (χ1n) is 5.98. The van der Waals surface area contributed by atoms with Crippen molar-refractivity contribution in [1.82, 2.24) is 0 Å². The van der Waals surface area contributed by atoms with Gasteiger partial charge in [-0.25, -0.2) is 0 Å². The number of ether oxygens (including phenoxy) is 1. The summed E-state index contributed by atoms with van der Waals surface area (Å²) < 4.78 is 5.38. The lowest BCUT2D eigenvalue weighted by molar-refractivity contribution is -0.0157. The molecular formula is C14H20O2. The van der Waals surface area contributed by atoms with Crippen LogP contribution in [0.1, 0.15) is 24.0 Å². The summed E-state index contributed by atoms with van der Waals surface area (Å²) in [6.45, 7) is 3.95. The van der Waals surface area contributed by atoms with Crippen LogP contribution in [0.4, 0.5) is 0 Å². The van der Waals surface area contributed by atoms with E-state index in [1.165, 1.54) is 11.1 Å². The largest absolute Gasteiger partial charge is 0.396 e. The molecule has 1 saturated heterocycles. The Bertz CT molecular complexity index is 340. The molecule has 0 spiro atoms. The molecule has 1 aromatic carbocycles. The standard InChI is InChI=1S/C14H20O2/c1-12-3-2-4-13(9-12)10-14(11-15)5-7-16-8-6-14/h2-4,9,15H,5-8,10-11H2,1H3. The SMILES string of the molecule is Cc1cccc(CC2(CO)CCOCC2)c1. The Labute approximate surface area is 97.3 Å². The molecule has 16 heavy (non-hydrogen) atoms. The lowest BCUT2D eigenvalue weighted by atomic mass is 9.76. The van der Waals surface area contributed by atoms with Gasteiger partial charge in [0.2, 0.25) is 0 Å². The minimum Gasteiger partial charge on any atom is -0.396 e. The average Bonchev–Trinajstić information content (AvgIpc) is 2.30. The lowest BCUT2D eigenvalue weighted by Crippen LogP contribution is -2.35. The Hall–Kier alpha value is -0.860. The van der Waals surface area contributed by atoms with E-state index in [1.807, 2.05) is 0 Å². The first-order chi connectivity index (χ1) is 7.74. The zero-order valence-corrected chi connectivity index (χ0v) is 9.91. The van der Waals surface area contributed by atoms with Gasteiger partial charge in [-0.1, -0.05) is 29.8 Å². The van der Waals surface area contributed by atoms with E-state index in [-0.39, 0.29) is 12.0 Å². The Morgan fingerprint density at radius 2 is 2.06 bits per heavy atom. The van der Waals surface area contributed by atoms with Crippen molar-refractivity contribution in [3.8, 4) is 0 Å². The fraction of sp³-hybridized carbons (Fsp3) is 0.571. The van der Waals surface area contributed by atoms with Crippen molar-refractivity contribution < 1.29 is 9.84 Å². The minimum absolute atomic E-state index is 0.0477. The predicted octanol–water partition coefficient (Wildman–Crippen LogP) is 2.33. The van der Waals surface area contributed by atoms with Gasteiger partial charge in [0.25, 0.3) is 0 Å². The van der Waals surface area contributed by atoms with Crippen molar-refractivity contribution in [3.05, 3.63) is 35.4 Å². The second-order valence-corrected chi connectivity index (χ2v) is 4.94. The molecule has 0 saturated carbocycles. The van der Waals surface area contributed by atoms with Crippen LogP contribution in [0, 0.1) is 12.3 Å². The summed E-state index contributed by atoms with van der Waals surface area (Å²) in [5.41, 5.74) is 2.67. The Kier molecular flexibility index (Phi) is 3.62. The molecule has 0 atom stereocenters. The summed E-state index contributed by atoms with van der Waals surface area (Å²) in [5, 5.41) is 9.62. The number of hydrogen-bond donors (Lipinski definition) is 1. The monoisotopic (exact) mass is 220 g/mol. The number of aliphatic hydroxyl groups is 1. The summed E-state index contributed by atoms with van der Waals surface area (Å²) in [6.07, 6.45) is 2.91. The maximum absolute atomic E-state index is 9.62. The van der Waals surface area contributed by atoms with E-state index in [1.54, 1.807) is 0 Å². The molecule has 0 aromatic heterocycles. The van der Waals surface area contributed by atoms with Crippen LogP contribution in [0.25, 0.3) is 0 Å². The molecule has 1 N–H and O–H groups in total. The highest BCUT2D eigenvalue weighted by molar-refractivity contribution is 5.23. The Morgan fingerprint density at radius 3 is 2.69 bits per heavy atom. The van der Waals surface area contributed by atoms with Gasteiger partial charge in [0.15, 0.2) is 0 Å².